The number of hydrogen-bond acceptors (Lipinski definition) is 12. The molecule has 0 aliphatic carbocycles. The number of aliphatic hydroxyl groups is 2. The number of fused-ring (bicyclic) bond motifs is 1. The van der Waals surface area contributed by atoms with Crippen LogP contribution in [0.15, 0.2) is 30.9 Å². The molecular formula is C17H18ClN7O7S. The fraction of sp³-hybridized carbons (Fsp3) is 0.294. The van der Waals surface area contributed by atoms with Gasteiger partial charge in [0.2, 0.25) is 0 Å². The van der Waals surface area contributed by atoms with E-state index in [1.54, 1.807) is 4.72 Å². The second-order valence-corrected chi connectivity index (χ2v) is 8.90. The van der Waals surface area contributed by atoms with E-state index in [-0.39, 0.29) is 33.3 Å². The number of benzene rings is 1. The zero-order chi connectivity index (χ0) is 24.0. The molecule has 3 aromatic rings. The van der Waals surface area contributed by atoms with Gasteiger partial charge in [0.15, 0.2) is 17.2 Å². The molecule has 1 saturated heterocycles. The van der Waals surface area contributed by atoms with Crippen molar-refractivity contribution in [1.29, 1.82) is 0 Å². The Morgan fingerprint density at radius 2 is 2.12 bits per heavy atom. The quantitative estimate of drug-likeness (QED) is 0.251. The minimum atomic E-state index is -4.62. The molecule has 1 aromatic carbocycles. The van der Waals surface area contributed by atoms with Crippen LogP contribution in [-0.2, 0) is 24.9 Å². The van der Waals surface area contributed by atoms with Crippen molar-refractivity contribution >= 4 is 50.5 Å². The minimum Gasteiger partial charge on any atom is -0.398 e. The van der Waals surface area contributed by atoms with Crippen LogP contribution in [0.25, 0.3) is 11.2 Å². The van der Waals surface area contributed by atoms with E-state index in [1.165, 1.54) is 24.5 Å². The van der Waals surface area contributed by atoms with Crippen molar-refractivity contribution < 1.29 is 32.3 Å². The Balaban J connectivity index is 1.44. The van der Waals surface area contributed by atoms with Crippen LogP contribution in [0.2, 0.25) is 5.02 Å². The van der Waals surface area contributed by atoms with Gasteiger partial charge in [-0.15, -0.1) is 0 Å². The van der Waals surface area contributed by atoms with E-state index in [2.05, 4.69) is 15.0 Å². The van der Waals surface area contributed by atoms with Gasteiger partial charge in [-0.2, -0.15) is 8.42 Å². The molecule has 176 valence electrons. The molecule has 16 heteroatoms. The summed E-state index contributed by atoms with van der Waals surface area (Å²) in [6.45, 7) is -1.16. The number of aliphatic hydroxyl groups excluding tert-OH is 1. The molecule has 0 saturated carbocycles. The third-order valence-electron chi connectivity index (χ3n) is 4.98. The average Bonchev–Trinajstić information content (AvgIpc) is 3.30. The summed E-state index contributed by atoms with van der Waals surface area (Å²) >= 11 is 5.76. The number of nitrogen functional groups attached to an aromatic ring is 2. The van der Waals surface area contributed by atoms with Crippen molar-refractivity contribution in [2.75, 3.05) is 24.7 Å². The fourth-order valence-electron chi connectivity index (χ4n) is 3.29. The summed E-state index contributed by atoms with van der Waals surface area (Å²) in [7, 11) is -4.62. The molecule has 3 heterocycles. The first-order valence-corrected chi connectivity index (χ1v) is 11.0. The number of aromatic nitrogens is 4. The second-order valence-electron chi connectivity index (χ2n) is 7.12. The maximum absolute atomic E-state index is 12.2. The summed E-state index contributed by atoms with van der Waals surface area (Å²) in [5.41, 5.74) is 9.52. The van der Waals surface area contributed by atoms with Gasteiger partial charge >= 0.3 is 10.3 Å². The van der Waals surface area contributed by atoms with Crippen LogP contribution in [-0.4, -0.2) is 69.5 Å². The first-order chi connectivity index (χ1) is 15.5. The predicted octanol–water partition coefficient (Wildman–Crippen LogP) is -1.26. The SMILES string of the molecule is Nc1cc(Cl)ccc1C(=O)NS(=O)(=O)OC[C@H]1OC[C@](O)(n2cnc3c(N)ncnc32)[C@@H]1O. The van der Waals surface area contributed by atoms with Gasteiger partial charge in [-0.3, -0.25) is 13.5 Å². The van der Waals surface area contributed by atoms with Crippen LogP contribution in [0.5, 0.6) is 0 Å². The Labute approximate surface area is 191 Å². The van der Waals surface area contributed by atoms with Crippen molar-refractivity contribution in [1.82, 2.24) is 24.2 Å². The lowest BCUT2D eigenvalue weighted by Gasteiger charge is -2.27. The van der Waals surface area contributed by atoms with Crippen molar-refractivity contribution in [3.63, 3.8) is 0 Å². The number of nitrogens with zero attached hydrogens (tertiary/aromatic N) is 4. The molecular weight excluding hydrogens is 482 g/mol. The van der Waals surface area contributed by atoms with E-state index < -0.39 is 47.4 Å². The minimum absolute atomic E-state index is 0.0354. The normalized spacial score (nSPS) is 23.1. The Hall–Kier alpha value is -3.08. The van der Waals surface area contributed by atoms with Crippen LogP contribution < -0.4 is 16.2 Å². The molecule has 14 nitrogen and oxygen atoms in total. The standard InChI is InChI=1S/C17H18ClN7O7S/c18-8-1-2-9(10(19)3-8)16(27)24-33(29,30)32-4-11-13(26)17(28,5-31-11)25-7-23-12-14(20)21-6-22-15(12)25/h1-3,6-7,11,13,26,28H,4-5,19H2,(H,24,27)(H2,20,21,22)/t11-,13-,17-/m1/s1. The molecule has 33 heavy (non-hydrogen) atoms. The highest BCUT2D eigenvalue weighted by Crippen LogP contribution is 2.32. The van der Waals surface area contributed by atoms with Gasteiger partial charge in [0.05, 0.1) is 25.1 Å². The lowest BCUT2D eigenvalue weighted by molar-refractivity contribution is -0.109. The number of rotatable bonds is 6. The number of amides is 1. The topological polar surface area (TPSA) is 218 Å². The number of halogens is 1. The first-order valence-electron chi connectivity index (χ1n) is 9.24. The molecule has 0 spiro atoms. The molecule has 7 N–H and O–H groups in total. The van der Waals surface area contributed by atoms with Crippen LogP contribution in [0, 0.1) is 0 Å². The van der Waals surface area contributed by atoms with Gasteiger partial charge in [-0.05, 0) is 18.2 Å². The van der Waals surface area contributed by atoms with Gasteiger partial charge in [0.1, 0.15) is 24.1 Å². The largest absolute Gasteiger partial charge is 0.398 e. The smallest absolute Gasteiger partial charge is 0.362 e. The van der Waals surface area contributed by atoms with Crippen LogP contribution >= 0.6 is 11.6 Å². The molecule has 4 rings (SSSR count). The molecule has 0 bridgehead atoms. The third-order valence-corrected chi connectivity index (χ3v) is 6.09. The number of anilines is 2. The Kier molecular flexibility index (Phi) is 5.85. The number of imidazole rings is 1. The summed E-state index contributed by atoms with van der Waals surface area (Å²) in [5, 5.41) is 21.9. The molecule has 1 fully saturated rings. The summed E-state index contributed by atoms with van der Waals surface area (Å²) < 4.78 is 37.3. The lowest BCUT2D eigenvalue weighted by Crippen LogP contribution is -2.47. The molecule has 1 aliphatic rings. The highest BCUT2D eigenvalue weighted by molar-refractivity contribution is 7.85. The van der Waals surface area contributed by atoms with E-state index in [0.29, 0.717) is 0 Å². The van der Waals surface area contributed by atoms with Gasteiger partial charge in [0, 0.05) is 10.7 Å². The molecule has 2 aromatic heterocycles. The average molecular weight is 500 g/mol. The summed E-state index contributed by atoms with van der Waals surface area (Å²) in [6, 6.07) is 3.90. The molecule has 0 unspecified atom stereocenters. The Bertz CT molecular complexity index is 1330. The zero-order valence-electron chi connectivity index (χ0n) is 16.6. The van der Waals surface area contributed by atoms with Crippen molar-refractivity contribution in [2.24, 2.45) is 0 Å². The van der Waals surface area contributed by atoms with E-state index in [9.17, 15) is 23.4 Å². The molecule has 3 atom stereocenters. The van der Waals surface area contributed by atoms with E-state index in [0.717, 1.165) is 10.9 Å². The van der Waals surface area contributed by atoms with Crippen molar-refractivity contribution in [3.8, 4) is 0 Å². The molecule has 1 amide bonds. The monoisotopic (exact) mass is 499 g/mol. The van der Waals surface area contributed by atoms with Crippen molar-refractivity contribution in [2.45, 2.75) is 17.9 Å². The van der Waals surface area contributed by atoms with E-state index in [4.69, 9.17) is 32.0 Å². The first kappa shape index (κ1) is 23.1. The Morgan fingerprint density at radius 1 is 1.36 bits per heavy atom. The summed E-state index contributed by atoms with van der Waals surface area (Å²) in [4.78, 5) is 24.0. The number of carbonyl (C=O) groups excluding carboxylic acids is 1. The summed E-state index contributed by atoms with van der Waals surface area (Å²) in [6.07, 6.45) is -0.577. The number of carbonyl (C=O) groups is 1. The van der Waals surface area contributed by atoms with Gasteiger partial charge < -0.3 is 26.4 Å². The predicted molar refractivity (Wildman–Crippen MR) is 114 cm³/mol. The van der Waals surface area contributed by atoms with Gasteiger partial charge in [-0.1, -0.05) is 11.6 Å². The van der Waals surface area contributed by atoms with Crippen molar-refractivity contribution in [3.05, 3.63) is 41.4 Å². The highest BCUT2D eigenvalue weighted by atomic mass is 35.5. The van der Waals surface area contributed by atoms with Gasteiger partial charge in [-0.25, -0.2) is 19.7 Å². The number of hydrogen-bond donors (Lipinski definition) is 5. The summed E-state index contributed by atoms with van der Waals surface area (Å²) in [5.74, 6) is -0.977. The molecule has 0 radical (unpaired) electrons. The maximum Gasteiger partial charge on any atom is 0.362 e. The zero-order valence-corrected chi connectivity index (χ0v) is 18.2. The fourth-order valence-corrected chi connectivity index (χ4v) is 4.18. The van der Waals surface area contributed by atoms with Crippen LogP contribution in [0.3, 0.4) is 0 Å². The number of nitrogens with one attached hydrogen (secondary N) is 1. The lowest BCUT2D eigenvalue weighted by atomic mass is 10.1. The third kappa shape index (κ3) is 4.29. The van der Waals surface area contributed by atoms with E-state index >= 15 is 0 Å². The Morgan fingerprint density at radius 3 is 2.85 bits per heavy atom. The second kappa shape index (κ2) is 8.36. The number of nitrogens with two attached hydrogens (primary N) is 2. The number of ether oxygens (including phenoxy) is 1. The maximum atomic E-state index is 12.2. The highest BCUT2D eigenvalue weighted by Gasteiger charge is 2.51. The van der Waals surface area contributed by atoms with E-state index in [1.807, 2.05) is 0 Å². The van der Waals surface area contributed by atoms with Gasteiger partial charge in [0.25, 0.3) is 5.91 Å². The van der Waals surface area contributed by atoms with Crippen LogP contribution in [0.1, 0.15) is 10.4 Å². The van der Waals surface area contributed by atoms with Crippen LogP contribution in [0.4, 0.5) is 11.5 Å². The molecule has 1 aliphatic heterocycles.